The number of rotatable bonds is 10. The minimum Gasteiger partial charge on any atom is -0.493 e. The van der Waals surface area contributed by atoms with Crippen molar-refractivity contribution in [2.45, 2.75) is 27.2 Å². The molecule has 0 heterocycles. The van der Waals surface area contributed by atoms with E-state index in [0.717, 1.165) is 17.5 Å². The second-order valence-electron chi connectivity index (χ2n) is 6.53. The fourth-order valence-corrected chi connectivity index (χ4v) is 2.50. The summed E-state index contributed by atoms with van der Waals surface area (Å²) < 4.78 is 10.9. The van der Waals surface area contributed by atoms with E-state index in [1.54, 1.807) is 24.3 Å². The number of ether oxygens (including phenoxy) is 2. The molecule has 0 spiro atoms. The summed E-state index contributed by atoms with van der Waals surface area (Å²) in [5.41, 5.74) is 3.06. The largest absolute Gasteiger partial charge is 0.493 e. The van der Waals surface area contributed by atoms with Crippen LogP contribution < -0.4 is 20.1 Å². The van der Waals surface area contributed by atoms with Crippen molar-refractivity contribution < 1.29 is 23.9 Å². The maximum atomic E-state index is 12.1. The minimum absolute atomic E-state index is 0.185. The van der Waals surface area contributed by atoms with Crippen LogP contribution in [-0.2, 0) is 9.59 Å². The van der Waals surface area contributed by atoms with Crippen LogP contribution in [0.3, 0.4) is 0 Å². The summed E-state index contributed by atoms with van der Waals surface area (Å²) in [5, 5.41) is 5.27. The Labute approximate surface area is 170 Å². The maximum Gasteiger partial charge on any atom is 0.258 e. The number of carbonyl (C=O) groups excluding carboxylic acids is 3. The number of nitrogens with one attached hydrogen (secondary N) is 2. The van der Waals surface area contributed by atoms with Crippen molar-refractivity contribution in [3.63, 3.8) is 0 Å². The Morgan fingerprint density at radius 2 is 1.86 bits per heavy atom. The molecule has 0 saturated carbocycles. The van der Waals surface area contributed by atoms with Gasteiger partial charge in [0.25, 0.3) is 5.91 Å². The Kier molecular flexibility index (Phi) is 8.21. The molecule has 0 fully saturated rings. The fourth-order valence-electron chi connectivity index (χ4n) is 2.50. The van der Waals surface area contributed by atoms with Crippen LogP contribution in [0.5, 0.6) is 11.5 Å². The molecule has 0 saturated heterocycles. The highest BCUT2D eigenvalue weighted by Crippen LogP contribution is 2.24. The average Bonchev–Trinajstić information content (AvgIpc) is 2.72. The van der Waals surface area contributed by atoms with Gasteiger partial charge in [0, 0.05) is 11.8 Å². The van der Waals surface area contributed by atoms with E-state index >= 15 is 0 Å². The second kappa shape index (κ2) is 10.8. The molecule has 0 aliphatic carbocycles. The smallest absolute Gasteiger partial charge is 0.258 e. The first-order chi connectivity index (χ1) is 13.9. The van der Waals surface area contributed by atoms with Gasteiger partial charge in [-0.3, -0.25) is 14.4 Å². The first-order valence-electron chi connectivity index (χ1n) is 9.42. The lowest BCUT2D eigenvalue weighted by molar-refractivity contribution is -0.125. The van der Waals surface area contributed by atoms with Crippen LogP contribution in [0.1, 0.15) is 34.8 Å². The fraction of sp³-hybridized carbons (Fsp3) is 0.318. The van der Waals surface area contributed by atoms with Gasteiger partial charge < -0.3 is 20.1 Å². The first-order valence-corrected chi connectivity index (χ1v) is 9.42. The molecule has 29 heavy (non-hydrogen) atoms. The molecule has 7 heteroatoms. The third kappa shape index (κ3) is 6.64. The summed E-state index contributed by atoms with van der Waals surface area (Å²) in [6.45, 7) is 5.89. The summed E-state index contributed by atoms with van der Waals surface area (Å²) in [6, 6.07) is 10.4. The summed E-state index contributed by atoms with van der Waals surface area (Å²) in [7, 11) is 0. The SMILES string of the molecule is CCCOc1ccc(C=O)c(OCC(=O)NCC(=O)Nc2cccc(C)c2C)c1. The molecular weight excluding hydrogens is 372 g/mol. The van der Waals surface area contributed by atoms with Gasteiger partial charge in [0.1, 0.15) is 11.5 Å². The number of hydrogen-bond donors (Lipinski definition) is 2. The van der Waals surface area contributed by atoms with Gasteiger partial charge in [-0.25, -0.2) is 0 Å². The van der Waals surface area contributed by atoms with Crippen LogP contribution in [0, 0.1) is 13.8 Å². The lowest BCUT2D eigenvalue weighted by Gasteiger charge is -2.12. The number of benzene rings is 2. The molecular formula is C22H26N2O5. The highest BCUT2D eigenvalue weighted by Gasteiger charge is 2.11. The summed E-state index contributed by atoms with van der Waals surface area (Å²) in [4.78, 5) is 35.2. The van der Waals surface area contributed by atoms with Crippen LogP contribution >= 0.6 is 0 Å². The van der Waals surface area contributed by atoms with E-state index in [2.05, 4.69) is 10.6 Å². The monoisotopic (exact) mass is 398 g/mol. The Morgan fingerprint density at radius 3 is 2.59 bits per heavy atom. The van der Waals surface area contributed by atoms with Gasteiger partial charge in [-0.05, 0) is 49.6 Å². The molecule has 0 aliphatic rings. The summed E-state index contributed by atoms with van der Waals surface area (Å²) in [6.07, 6.45) is 1.49. The first kappa shape index (κ1) is 21.9. The molecule has 7 nitrogen and oxygen atoms in total. The lowest BCUT2D eigenvalue weighted by Crippen LogP contribution is -2.36. The van der Waals surface area contributed by atoms with Crippen molar-refractivity contribution in [1.29, 1.82) is 0 Å². The number of aldehydes is 1. The number of aryl methyl sites for hydroxylation is 1. The van der Waals surface area contributed by atoms with E-state index in [-0.39, 0.29) is 24.8 Å². The molecule has 154 valence electrons. The number of carbonyl (C=O) groups is 3. The third-order valence-electron chi connectivity index (χ3n) is 4.27. The average molecular weight is 398 g/mol. The predicted molar refractivity (Wildman–Crippen MR) is 111 cm³/mol. The predicted octanol–water partition coefficient (Wildman–Crippen LogP) is 3.04. The highest BCUT2D eigenvalue weighted by molar-refractivity contribution is 5.95. The van der Waals surface area contributed by atoms with Crippen LogP contribution in [0.2, 0.25) is 0 Å². The van der Waals surface area contributed by atoms with Crippen LogP contribution in [0.4, 0.5) is 5.69 Å². The highest BCUT2D eigenvalue weighted by atomic mass is 16.5. The van der Waals surface area contributed by atoms with Crippen molar-refractivity contribution in [2.24, 2.45) is 0 Å². The molecule has 2 aromatic rings. The summed E-state index contributed by atoms with van der Waals surface area (Å²) >= 11 is 0. The Morgan fingerprint density at radius 1 is 1.07 bits per heavy atom. The molecule has 0 aromatic heterocycles. The molecule has 2 rings (SSSR count). The third-order valence-corrected chi connectivity index (χ3v) is 4.27. The molecule has 2 aromatic carbocycles. The van der Waals surface area contributed by atoms with Gasteiger partial charge in [0.2, 0.25) is 5.91 Å². The molecule has 2 N–H and O–H groups in total. The molecule has 0 radical (unpaired) electrons. The molecule has 0 bridgehead atoms. The zero-order valence-corrected chi connectivity index (χ0v) is 16.9. The summed E-state index contributed by atoms with van der Waals surface area (Å²) in [5.74, 6) is -0.00205. The molecule has 0 aliphatic heterocycles. The van der Waals surface area contributed by atoms with Crippen LogP contribution in [0.15, 0.2) is 36.4 Å². The van der Waals surface area contributed by atoms with E-state index in [4.69, 9.17) is 9.47 Å². The Balaban J connectivity index is 1.85. The number of anilines is 1. The van der Waals surface area contributed by atoms with Gasteiger partial charge in [-0.2, -0.15) is 0 Å². The molecule has 0 unspecified atom stereocenters. The van der Waals surface area contributed by atoms with Crippen molar-refractivity contribution in [3.8, 4) is 11.5 Å². The Bertz CT molecular complexity index is 880. The van der Waals surface area contributed by atoms with Gasteiger partial charge in [0.05, 0.1) is 18.7 Å². The van der Waals surface area contributed by atoms with Gasteiger partial charge in [-0.1, -0.05) is 19.1 Å². The number of amides is 2. The van der Waals surface area contributed by atoms with E-state index in [0.29, 0.717) is 29.9 Å². The molecule has 0 atom stereocenters. The quantitative estimate of drug-likeness (QED) is 0.600. The number of hydrogen-bond acceptors (Lipinski definition) is 5. The van der Waals surface area contributed by atoms with Crippen molar-refractivity contribution in [2.75, 3.05) is 25.1 Å². The van der Waals surface area contributed by atoms with E-state index in [1.807, 2.05) is 32.9 Å². The van der Waals surface area contributed by atoms with Crippen molar-refractivity contribution in [1.82, 2.24) is 5.32 Å². The normalized spacial score (nSPS) is 10.2. The van der Waals surface area contributed by atoms with E-state index < -0.39 is 5.91 Å². The zero-order chi connectivity index (χ0) is 21.2. The second-order valence-corrected chi connectivity index (χ2v) is 6.53. The van der Waals surface area contributed by atoms with E-state index in [1.165, 1.54) is 0 Å². The lowest BCUT2D eigenvalue weighted by atomic mass is 10.1. The topological polar surface area (TPSA) is 93.7 Å². The van der Waals surface area contributed by atoms with Crippen molar-refractivity contribution in [3.05, 3.63) is 53.1 Å². The van der Waals surface area contributed by atoms with Gasteiger partial charge >= 0.3 is 0 Å². The van der Waals surface area contributed by atoms with Crippen LogP contribution in [-0.4, -0.2) is 37.9 Å². The standard InChI is InChI=1S/C22H26N2O5/c1-4-10-28-18-9-8-17(13-25)20(11-18)29-14-22(27)23-12-21(26)24-19-7-5-6-15(2)16(19)3/h5-9,11,13H,4,10,12,14H2,1-3H3,(H,23,27)(H,24,26). The Hall–Kier alpha value is -3.35. The maximum absolute atomic E-state index is 12.1. The molecule has 2 amide bonds. The van der Waals surface area contributed by atoms with Gasteiger partial charge in [-0.15, -0.1) is 0 Å². The van der Waals surface area contributed by atoms with Crippen molar-refractivity contribution >= 4 is 23.8 Å². The van der Waals surface area contributed by atoms with Gasteiger partial charge in [0.15, 0.2) is 12.9 Å². The zero-order valence-electron chi connectivity index (χ0n) is 16.9. The van der Waals surface area contributed by atoms with Crippen LogP contribution in [0.25, 0.3) is 0 Å². The minimum atomic E-state index is -0.474. The van der Waals surface area contributed by atoms with E-state index in [9.17, 15) is 14.4 Å².